The molecule has 0 spiro atoms. The predicted molar refractivity (Wildman–Crippen MR) is 128 cm³/mol. The molecule has 31 heavy (non-hydrogen) atoms. The number of furan rings is 1. The number of rotatable bonds is 6. The van der Waals surface area contributed by atoms with Crippen molar-refractivity contribution in [3.63, 3.8) is 0 Å². The van der Waals surface area contributed by atoms with Gasteiger partial charge >= 0.3 is 0 Å². The van der Waals surface area contributed by atoms with E-state index >= 15 is 0 Å². The van der Waals surface area contributed by atoms with Crippen LogP contribution in [0.25, 0.3) is 0 Å². The summed E-state index contributed by atoms with van der Waals surface area (Å²) in [6.45, 7) is 0. The molecule has 0 aliphatic carbocycles. The smallest absolute Gasteiger partial charge is 0.207 e. The van der Waals surface area contributed by atoms with Gasteiger partial charge in [-0.1, -0.05) is 72.8 Å². The second kappa shape index (κ2) is 8.64. The van der Waals surface area contributed by atoms with E-state index in [1.54, 1.807) is 0 Å². The largest absolute Gasteiger partial charge is 0.424 e. The molecule has 3 heteroatoms. The average Bonchev–Trinajstić information content (AvgIpc) is 3.31. The molecular formula is C28H22N2O. The Kier molecular flexibility index (Phi) is 5.23. The lowest BCUT2D eigenvalue weighted by Crippen LogP contribution is -2.10. The van der Waals surface area contributed by atoms with E-state index in [9.17, 15) is 0 Å². The fourth-order valence-corrected chi connectivity index (χ4v) is 3.67. The first-order valence-electron chi connectivity index (χ1n) is 10.3. The average molecular weight is 402 g/mol. The molecule has 0 aliphatic heterocycles. The van der Waals surface area contributed by atoms with E-state index in [4.69, 9.17) is 4.42 Å². The summed E-state index contributed by atoms with van der Waals surface area (Å²) in [4.78, 5) is 4.25. The highest BCUT2D eigenvalue weighted by molar-refractivity contribution is 5.77. The van der Waals surface area contributed by atoms with Crippen molar-refractivity contribution in [1.82, 2.24) is 0 Å². The number of hydrogen-bond donors (Lipinski definition) is 0. The highest BCUT2D eigenvalue weighted by atomic mass is 16.4. The van der Waals surface area contributed by atoms with Crippen LogP contribution in [0.15, 0.2) is 138 Å². The van der Waals surface area contributed by atoms with E-state index in [0.29, 0.717) is 0 Å². The van der Waals surface area contributed by atoms with Gasteiger partial charge < -0.3 is 4.42 Å². The second-order valence-electron chi connectivity index (χ2n) is 7.12. The van der Waals surface area contributed by atoms with Crippen molar-refractivity contribution in [2.24, 2.45) is 0 Å². The Hall–Kier alpha value is -4.24. The van der Waals surface area contributed by atoms with Crippen LogP contribution < -0.4 is 9.80 Å². The van der Waals surface area contributed by atoms with Crippen LogP contribution in [0.5, 0.6) is 0 Å². The van der Waals surface area contributed by atoms with Gasteiger partial charge in [0.15, 0.2) is 0 Å². The van der Waals surface area contributed by atoms with Crippen molar-refractivity contribution in [3.8, 4) is 0 Å². The van der Waals surface area contributed by atoms with E-state index in [1.807, 2.05) is 84.9 Å². The molecule has 150 valence electrons. The molecule has 0 aliphatic rings. The molecule has 1 aromatic heterocycles. The summed E-state index contributed by atoms with van der Waals surface area (Å²) in [5, 5.41) is 0. The summed E-state index contributed by atoms with van der Waals surface area (Å²) in [6, 6.07) is 45.1. The van der Waals surface area contributed by atoms with E-state index in [1.165, 1.54) is 0 Å². The molecule has 0 radical (unpaired) electrons. The third-order valence-corrected chi connectivity index (χ3v) is 5.08. The van der Waals surface area contributed by atoms with E-state index in [-0.39, 0.29) is 0 Å². The van der Waals surface area contributed by atoms with Gasteiger partial charge in [0.1, 0.15) is 0 Å². The fourth-order valence-electron chi connectivity index (χ4n) is 3.67. The Morgan fingerprint density at radius 2 is 0.581 bits per heavy atom. The Labute approximate surface area is 182 Å². The highest BCUT2D eigenvalue weighted by Crippen LogP contribution is 2.41. The van der Waals surface area contributed by atoms with Crippen molar-refractivity contribution in [1.29, 1.82) is 0 Å². The minimum Gasteiger partial charge on any atom is -0.424 e. The normalized spacial score (nSPS) is 10.6. The molecule has 5 rings (SSSR count). The van der Waals surface area contributed by atoms with Crippen molar-refractivity contribution >= 4 is 34.5 Å². The Morgan fingerprint density at radius 3 is 0.839 bits per heavy atom. The molecule has 0 amide bonds. The topological polar surface area (TPSA) is 19.6 Å². The van der Waals surface area contributed by atoms with Gasteiger partial charge in [-0.15, -0.1) is 0 Å². The first-order chi connectivity index (χ1) is 15.4. The minimum absolute atomic E-state index is 0.754. The van der Waals surface area contributed by atoms with Crippen LogP contribution in [0, 0.1) is 0 Å². The van der Waals surface area contributed by atoms with Gasteiger partial charge in [0.25, 0.3) is 0 Å². The van der Waals surface area contributed by atoms with Crippen LogP contribution >= 0.6 is 0 Å². The first kappa shape index (κ1) is 18.8. The van der Waals surface area contributed by atoms with Crippen LogP contribution in [0.1, 0.15) is 0 Å². The van der Waals surface area contributed by atoms with Crippen molar-refractivity contribution in [3.05, 3.63) is 133 Å². The number of hydrogen-bond acceptors (Lipinski definition) is 3. The number of para-hydroxylation sites is 4. The van der Waals surface area contributed by atoms with Crippen LogP contribution in [-0.2, 0) is 0 Å². The molecule has 0 N–H and O–H groups in total. The molecule has 0 unspecified atom stereocenters. The van der Waals surface area contributed by atoms with Crippen LogP contribution in [-0.4, -0.2) is 0 Å². The summed E-state index contributed by atoms with van der Waals surface area (Å²) in [6.07, 6.45) is 0. The lowest BCUT2D eigenvalue weighted by atomic mass is 10.2. The SMILES string of the molecule is c1ccc(N(c2ccccc2)c2ccc(N(c3ccccc3)c3ccccc3)o2)cc1. The number of anilines is 6. The van der Waals surface area contributed by atoms with E-state index < -0.39 is 0 Å². The Bertz CT molecular complexity index is 1040. The maximum Gasteiger partial charge on any atom is 0.207 e. The quantitative estimate of drug-likeness (QED) is 0.285. The van der Waals surface area contributed by atoms with Crippen LogP contribution in [0.2, 0.25) is 0 Å². The van der Waals surface area contributed by atoms with Gasteiger partial charge in [0, 0.05) is 34.9 Å². The van der Waals surface area contributed by atoms with Crippen molar-refractivity contribution < 1.29 is 4.42 Å². The number of benzene rings is 4. The van der Waals surface area contributed by atoms with Gasteiger partial charge in [-0.2, -0.15) is 0 Å². The monoisotopic (exact) mass is 402 g/mol. The second-order valence-corrected chi connectivity index (χ2v) is 7.12. The summed E-state index contributed by atoms with van der Waals surface area (Å²) in [5.74, 6) is 1.51. The summed E-state index contributed by atoms with van der Waals surface area (Å²) >= 11 is 0. The van der Waals surface area contributed by atoms with Gasteiger partial charge in [-0.05, 0) is 48.5 Å². The van der Waals surface area contributed by atoms with Crippen molar-refractivity contribution in [2.45, 2.75) is 0 Å². The lowest BCUT2D eigenvalue weighted by Gasteiger charge is -2.24. The first-order valence-corrected chi connectivity index (χ1v) is 10.3. The molecular weight excluding hydrogens is 380 g/mol. The minimum atomic E-state index is 0.754. The standard InChI is InChI=1S/C28H22N2O/c1-5-13-23(14-6-1)29(24-15-7-2-8-16-24)27-21-22-28(31-27)30(25-17-9-3-10-18-25)26-19-11-4-12-20-26/h1-22H. The van der Waals surface area contributed by atoms with E-state index in [0.717, 1.165) is 34.5 Å². The predicted octanol–water partition coefficient (Wildman–Crippen LogP) is 8.22. The Morgan fingerprint density at radius 1 is 0.323 bits per heavy atom. The third kappa shape index (κ3) is 3.94. The molecule has 0 saturated heterocycles. The Balaban J connectivity index is 1.61. The molecule has 3 nitrogen and oxygen atoms in total. The molecule has 0 saturated carbocycles. The van der Waals surface area contributed by atoms with Crippen LogP contribution in [0.3, 0.4) is 0 Å². The van der Waals surface area contributed by atoms with Gasteiger partial charge in [-0.25, -0.2) is 0 Å². The molecule has 0 bridgehead atoms. The van der Waals surface area contributed by atoms with E-state index in [2.05, 4.69) is 58.3 Å². The summed E-state index contributed by atoms with van der Waals surface area (Å²) in [5.41, 5.74) is 4.17. The molecule has 1 heterocycles. The summed E-state index contributed by atoms with van der Waals surface area (Å²) < 4.78 is 6.48. The lowest BCUT2D eigenvalue weighted by molar-refractivity contribution is 0.580. The zero-order chi connectivity index (χ0) is 20.9. The van der Waals surface area contributed by atoms with Gasteiger partial charge in [0.2, 0.25) is 11.8 Å². The maximum absolute atomic E-state index is 6.48. The molecule has 4 aromatic carbocycles. The van der Waals surface area contributed by atoms with Crippen LogP contribution in [0.4, 0.5) is 34.5 Å². The highest BCUT2D eigenvalue weighted by Gasteiger charge is 2.20. The fraction of sp³-hybridized carbons (Fsp3) is 0. The summed E-state index contributed by atoms with van der Waals surface area (Å²) in [7, 11) is 0. The molecule has 0 atom stereocenters. The van der Waals surface area contributed by atoms with Gasteiger partial charge in [-0.3, -0.25) is 9.80 Å². The number of nitrogens with zero attached hydrogens (tertiary/aromatic N) is 2. The molecule has 0 fully saturated rings. The zero-order valence-corrected chi connectivity index (χ0v) is 17.0. The third-order valence-electron chi connectivity index (χ3n) is 5.08. The maximum atomic E-state index is 6.48. The van der Waals surface area contributed by atoms with Gasteiger partial charge in [0.05, 0.1) is 0 Å². The molecule has 5 aromatic rings. The zero-order valence-electron chi connectivity index (χ0n) is 17.0. The van der Waals surface area contributed by atoms with Crippen molar-refractivity contribution in [2.75, 3.05) is 9.80 Å².